The fourth-order valence-corrected chi connectivity index (χ4v) is 2.05. The number of nitrogens with zero attached hydrogens (tertiary/aromatic N) is 3. The van der Waals surface area contributed by atoms with Gasteiger partial charge in [0.1, 0.15) is 5.75 Å². The zero-order chi connectivity index (χ0) is 14.7. The lowest BCUT2D eigenvalue weighted by molar-refractivity contribution is 0.474. The van der Waals surface area contributed by atoms with E-state index in [1.165, 1.54) is 0 Å². The molecule has 0 aliphatic heterocycles. The highest BCUT2D eigenvalue weighted by Crippen LogP contribution is 2.19. The summed E-state index contributed by atoms with van der Waals surface area (Å²) in [5.74, 6) is 0.770. The zero-order valence-corrected chi connectivity index (χ0v) is 11.5. The summed E-state index contributed by atoms with van der Waals surface area (Å²) in [7, 11) is 0. The molecule has 0 aliphatic rings. The van der Waals surface area contributed by atoms with Gasteiger partial charge in [-0.25, -0.2) is 0 Å². The van der Waals surface area contributed by atoms with Gasteiger partial charge in [0.05, 0.1) is 12.4 Å². The molecular formula is C16H14N4O. The molecule has 3 aromatic rings. The molecule has 0 atom stereocenters. The predicted octanol–water partition coefficient (Wildman–Crippen LogP) is 3.09. The number of aromatic hydroxyl groups is 1. The number of anilines is 1. The van der Waals surface area contributed by atoms with Crippen molar-refractivity contribution in [1.82, 2.24) is 10.2 Å². The monoisotopic (exact) mass is 278 g/mol. The number of hydrogen-bond donors (Lipinski definition) is 2. The van der Waals surface area contributed by atoms with Gasteiger partial charge in [-0.2, -0.15) is 10.2 Å². The highest BCUT2D eigenvalue weighted by molar-refractivity contribution is 5.91. The third kappa shape index (κ3) is 2.81. The summed E-state index contributed by atoms with van der Waals surface area (Å²) in [5, 5.41) is 23.8. The smallest absolute Gasteiger partial charge is 0.176 e. The number of phenols is 1. The molecule has 5 heteroatoms. The van der Waals surface area contributed by atoms with Crippen LogP contribution in [0.25, 0.3) is 10.8 Å². The molecule has 0 bridgehead atoms. The lowest BCUT2D eigenvalue weighted by Gasteiger charge is -2.03. The van der Waals surface area contributed by atoms with Gasteiger partial charge < -0.3 is 5.11 Å². The van der Waals surface area contributed by atoms with E-state index in [-0.39, 0.29) is 5.75 Å². The highest BCUT2D eigenvalue weighted by Gasteiger charge is 2.01. The maximum atomic E-state index is 9.76. The fourth-order valence-electron chi connectivity index (χ4n) is 2.05. The molecule has 2 N–H and O–H groups in total. The normalized spacial score (nSPS) is 11.1. The van der Waals surface area contributed by atoms with Crippen molar-refractivity contribution < 1.29 is 5.11 Å². The van der Waals surface area contributed by atoms with E-state index in [2.05, 4.69) is 20.7 Å². The van der Waals surface area contributed by atoms with Crippen LogP contribution in [0.15, 0.2) is 53.8 Å². The molecule has 3 rings (SSSR count). The van der Waals surface area contributed by atoms with Crippen molar-refractivity contribution in [2.24, 2.45) is 5.10 Å². The van der Waals surface area contributed by atoms with Crippen LogP contribution < -0.4 is 5.43 Å². The van der Waals surface area contributed by atoms with Crippen LogP contribution in [-0.4, -0.2) is 21.5 Å². The summed E-state index contributed by atoms with van der Waals surface area (Å²) in [6.07, 6.45) is 3.27. The van der Waals surface area contributed by atoms with Gasteiger partial charge in [-0.05, 0) is 19.1 Å². The Morgan fingerprint density at radius 2 is 2.05 bits per heavy atom. The molecule has 0 saturated heterocycles. The van der Waals surface area contributed by atoms with Crippen LogP contribution >= 0.6 is 0 Å². The summed E-state index contributed by atoms with van der Waals surface area (Å²) in [4.78, 5) is 0. The van der Waals surface area contributed by atoms with Gasteiger partial charge in [-0.1, -0.05) is 35.9 Å². The Morgan fingerprint density at radius 3 is 2.95 bits per heavy atom. The molecule has 0 amide bonds. The maximum absolute atomic E-state index is 9.76. The number of hydrogen-bond acceptors (Lipinski definition) is 5. The second-order valence-corrected chi connectivity index (χ2v) is 4.71. The number of rotatable bonds is 3. The molecule has 2 aromatic carbocycles. The third-order valence-electron chi connectivity index (χ3n) is 3.13. The highest BCUT2D eigenvalue weighted by atomic mass is 16.3. The van der Waals surface area contributed by atoms with Gasteiger partial charge >= 0.3 is 0 Å². The van der Waals surface area contributed by atoms with Gasteiger partial charge in [0.2, 0.25) is 0 Å². The first-order valence-electron chi connectivity index (χ1n) is 6.53. The quantitative estimate of drug-likeness (QED) is 0.570. The Kier molecular flexibility index (Phi) is 3.47. The van der Waals surface area contributed by atoms with Crippen molar-refractivity contribution in [2.45, 2.75) is 6.92 Å². The molecule has 0 saturated carbocycles. The van der Waals surface area contributed by atoms with E-state index in [0.29, 0.717) is 11.4 Å². The SMILES string of the molecule is Cc1ccc(O)c(C=NNc2nncc3ccccc23)c1. The van der Waals surface area contributed by atoms with Gasteiger partial charge in [-0.15, -0.1) is 5.10 Å². The number of phenolic OH excluding ortho intramolecular Hbond substituents is 1. The van der Waals surface area contributed by atoms with E-state index in [1.807, 2.05) is 43.3 Å². The number of aryl methyl sites for hydroxylation is 1. The number of benzene rings is 2. The fraction of sp³-hybridized carbons (Fsp3) is 0.0625. The maximum Gasteiger partial charge on any atom is 0.176 e. The standard InChI is InChI=1S/C16H14N4O/c1-11-6-7-15(21)13(8-11)10-18-20-16-14-5-3-2-4-12(14)9-17-19-16/h2-10,21H,1H3,(H,19,20). The molecule has 104 valence electrons. The zero-order valence-electron chi connectivity index (χ0n) is 11.5. The minimum Gasteiger partial charge on any atom is -0.507 e. The third-order valence-corrected chi connectivity index (χ3v) is 3.13. The van der Waals surface area contributed by atoms with Crippen molar-refractivity contribution >= 4 is 22.8 Å². The van der Waals surface area contributed by atoms with Gasteiger partial charge in [0.25, 0.3) is 0 Å². The Balaban J connectivity index is 1.86. The van der Waals surface area contributed by atoms with Gasteiger partial charge in [0.15, 0.2) is 5.82 Å². The van der Waals surface area contributed by atoms with Crippen LogP contribution in [-0.2, 0) is 0 Å². The lowest BCUT2D eigenvalue weighted by Crippen LogP contribution is -1.96. The average molecular weight is 278 g/mol. The molecule has 21 heavy (non-hydrogen) atoms. The molecule has 5 nitrogen and oxygen atoms in total. The van der Waals surface area contributed by atoms with Crippen molar-refractivity contribution in [2.75, 3.05) is 5.43 Å². The summed E-state index contributed by atoms with van der Waals surface area (Å²) in [5.41, 5.74) is 4.57. The first-order valence-corrected chi connectivity index (χ1v) is 6.53. The second-order valence-electron chi connectivity index (χ2n) is 4.71. The van der Waals surface area contributed by atoms with Crippen LogP contribution in [0.2, 0.25) is 0 Å². The summed E-state index contributed by atoms with van der Waals surface area (Å²) < 4.78 is 0. The molecule has 0 fully saturated rings. The molecule has 1 aromatic heterocycles. The van der Waals surface area contributed by atoms with E-state index < -0.39 is 0 Å². The first-order chi connectivity index (χ1) is 10.2. The Bertz CT molecular complexity index is 809. The largest absolute Gasteiger partial charge is 0.507 e. The predicted molar refractivity (Wildman–Crippen MR) is 83.6 cm³/mol. The molecule has 0 unspecified atom stereocenters. The minimum absolute atomic E-state index is 0.190. The Labute approximate surface area is 122 Å². The number of nitrogens with one attached hydrogen (secondary N) is 1. The molecule has 1 heterocycles. The van der Waals surface area contributed by atoms with E-state index in [9.17, 15) is 5.11 Å². The Morgan fingerprint density at radius 1 is 1.19 bits per heavy atom. The lowest BCUT2D eigenvalue weighted by atomic mass is 10.1. The minimum atomic E-state index is 0.190. The molecular weight excluding hydrogens is 264 g/mol. The average Bonchev–Trinajstić information content (AvgIpc) is 2.51. The molecule has 0 spiro atoms. The van der Waals surface area contributed by atoms with Crippen LogP contribution in [0, 0.1) is 6.92 Å². The van der Waals surface area contributed by atoms with E-state index in [4.69, 9.17) is 0 Å². The molecule has 0 radical (unpaired) electrons. The number of fused-ring (bicyclic) bond motifs is 1. The van der Waals surface area contributed by atoms with Gasteiger partial charge in [0, 0.05) is 16.3 Å². The number of aromatic nitrogens is 2. The summed E-state index contributed by atoms with van der Waals surface area (Å²) in [6.45, 7) is 1.96. The van der Waals surface area contributed by atoms with E-state index >= 15 is 0 Å². The van der Waals surface area contributed by atoms with E-state index in [0.717, 1.165) is 16.3 Å². The number of hydrazone groups is 1. The van der Waals surface area contributed by atoms with Crippen LogP contribution in [0.4, 0.5) is 5.82 Å². The summed E-state index contributed by atoms with van der Waals surface area (Å²) in [6, 6.07) is 13.1. The van der Waals surface area contributed by atoms with Crippen LogP contribution in [0.3, 0.4) is 0 Å². The van der Waals surface area contributed by atoms with Crippen molar-refractivity contribution in [3.8, 4) is 5.75 Å². The van der Waals surface area contributed by atoms with Crippen molar-refractivity contribution in [3.63, 3.8) is 0 Å². The van der Waals surface area contributed by atoms with E-state index in [1.54, 1.807) is 18.5 Å². The second kappa shape index (κ2) is 5.58. The van der Waals surface area contributed by atoms with Crippen LogP contribution in [0.5, 0.6) is 5.75 Å². The van der Waals surface area contributed by atoms with Crippen LogP contribution in [0.1, 0.15) is 11.1 Å². The summed E-state index contributed by atoms with van der Waals surface area (Å²) >= 11 is 0. The Hall–Kier alpha value is -2.95. The van der Waals surface area contributed by atoms with Crippen molar-refractivity contribution in [3.05, 3.63) is 59.8 Å². The van der Waals surface area contributed by atoms with Crippen molar-refractivity contribution in [1.29, 1.82) is 0 Å². The first kappa shape index (κ1) is 13.1. The molecule has 0 aliphatic carbocycles. The topological polar surface area (TPSA) is 70.4 Å². The van der Waals surface area contributed by atoms with Gasteiger partial charge in [-0.3, -0.25) is 5.43 Å².